The summed E-state index contributed by atoms with van der Waals surface area (Å²) in [5, 5.41) is 0. The smallest absolute Gasteiger partial charge is 0.0363 e. The van der Waals surface area contributed by atoms with E-state index in [9.17, 15) is 0 Å². The van der Waals surface area contributed by atoms with E-state index in [1.165, 1.54) is 11.1 Å². The summed E-state index contributed by atoms with van der Waals surface area (Å²) in [5.74, 6) is 0. The standard InChI is InChI=1S/C13H21BrN2/c1-13(2,3)10-7-12(15)9(6-11(10)14)8-16(4)5/h6-7H,8,15H2,1-5H3. The third-order valence-corrected chi connectivity index (χ3v) is 3.18. The molecule has 1 aromatic rings. The van der Waals surface area contributed by atoms with Crippen molar-refractivity contribution >= 4 is 21.6 Å². The van der Waals surface area contributed by atoms with Crippen molar-refractivity contribution in [2.75, 3.05) is 19.8 Å². The topological polar surface area (TPSA) is 29.3 Å². The second-order valence-corrected chi connectivity index (χ2v) is 6.37. The summed E-state index contributed by atoms with van der Waals surface area (Å²) in [6.07, 6.45) is 0. The van der Waals surface area contributed by atoms with Crippen LogP contribution in [0.4, 0.5) is 5.69 Å². The van der Waals surface area contributed by atoms with Gasteiger partial charge < -0.3 is 10.6 Å². The molecule has 1 rings (SSSR count). The molecular weight excluding hydrogens is 264 g/mol. The fourth-order valence-electron chi connectivity index (χ4n) is 1.68. The highest BCUT2D eigenvalue weighted by Crippen LogP contribution is 2.33. The van der Waals surface area contributed by atoms with Crippen molar-refractivity contribution in [2.45, 2.75) is 32.7 Å². The van der Waals surface area contributed by atoms with E-state index in [0.717, 1.165) is 16.7 Å². The molecule has 0 heterocycles. The highest BCUT2D eigenvalue weighted by molar-refractivity contribution is 9.10. The van der Waals surface area contributed by atoms with Gasteiger partial charge in [-0.2, -0.15) is 0 Å². The quantitative estimate of drug-likeness (QED) is 0.844. The number of hydrogen-bond donors (Lipinski definition) is 1. The lowest BCUT2D eigenvalue weighted by molar-refractivity contribution is 0.403. The summed E-state index contributed by atoms with van der Waals surface area (Å²) >= 11 is 3.63. The average molecular weight is 285 g/mol. The van der Waals surface area contributed by atoms with Gasteiger partial charge in [0.25, 0.3) is 0 Å². The second kappa shape index (κ2) is 4.76. The van der Waals surface area contributed by atoms with Crippen LogP contribution in [0.2, 0.25) is 0 Å². The van der Waals surface area contributed by atoms with Gasteiger partial charge >= 0.3 is 0 Å². The van der Waals surface area contributed by atoms with Gasteiger partial charge in [0.1, 0.15) is 0 Å². The zero-order valence-corrected chi connectivity index (χ0v) is 12.4. The molecule has 3 heteroatoms. The molecule has 0 aliphatic heterocycles. The van der Waals surface area contributed by atoms with Gasteiger partial charge in [0.05, 0.1) is 0 Å². The minimum absolute atomic E-state index is 0.115. The van der Waals surface area contributed by atoms with Crippen LogP contribution in [-0.4, -0.2) is 19.0 Å². The molecule has 0 amide bonds. The van der Waals surface area contributed by atoms with Crippen molar-refractivity contribution < 1.29 is 0 Å². The molecule has 0 saturated heterocycles. The van der Waals surface area contributed by atoms with E-state index in [1.54, 1.807) is 0 Å². The van der Waals surface area contributed by atoms with Gasteiger partial charge in [-0.15, -0.1) is 0 Å². The Kier molecular flexibility index (Phi) is 4.02. The van der Waals surface area contributed by atoms with Gasteiger partial charge in [0.2, 0.25) is 0 Å². The SMILES string of the molecule is CN(C)Cc1cc(Br)c(C(C)(C)C)cc1N. The number of nitrogens with zero attached hydrogens (tertiary/aromatic N) is 1. The van der Waals surface area contributed by atoms with Gasteiger partial charge in [-0.3, -0.25) is 0 Å². The van der Waals surface area contributed by atoms with Crippen LogP contribution in [0, 0.1) is 0 Å². The van der Waals surface area contributed by atoms with Crippen molar-refractivity contribution in [3.8, 4) is 0 Å². The van der Waals surface area contributed by atoms with Crippen LogP contribution >= 0.6 is 15.9 Å². The first-order chi connectivity index (χ1) is 7.21. The van der Waals surface area contributed by atoms with Crippen molar-refractivity contribution in [3.05, 3.63) is 27.7 Å². The Morgan fingerprint density at radius 1 is 1.25 bits per heavy atom. The van der Waals surface area contributed by atoms with Crippen molar-refractivity contribution in [1.29, 1.82) is 0 Å². The number of halogens is 1. The van der Waals surface area contributed by atoms with Gasteiger partial charge in [0, 0.05) is 16.7 Å². The van der Waals surface area contributed by atoms with Crippen LogP contribution in [0.1, 0.15) is 31.9 Å². The Balaban J connectivity index is 3.17. The number of nitrogen functional groups attached to an aromatic ring is 1. The number of benzene rings is 1. The zero-order chi connectivity index (χ0) is 12.5. The molecule has 0 aromatic heterocycles. The molecule has 0 aliphatic carbocycles. The molecular formula is C13H21BrN2. The van der Waals surface area contributed by atoms with Gasteiger partial charge in [-0.25, -0.2) is 0 Å². The molecule has 0 fully saturated rings. The molecule has 0 radical (unpaired) electrons. The van der Waals surface area contributed by atoms with Crippen LogP contribution in [0.25, 0.3) is 0 Å². The van der Waals surface area contributed by atoms with Crippen LogP contribution in [0.15, 0.2) is 16.6 Å². The Morgan fingerprint density at radius 2 is 1.81 bits per heavy atom. The van der Waals surface area contributed by atoms with Crippen molar-refractivity contribution in [1.82, 2.24) is 4.90 Å². The summed E-state index contributed by atoms with van der Waals surface area (Å²) in [4.78, 5) is 2.12. The minimum atomic E-state index is 0.115. The third kappa shape index (κ3) is 3.22. The largest absolute Gasteiger partial charge is 0.398 e. The normalized spacial score (nSPS) is 12.2. The molecule has 0 spiro atoms. The Labute approximate surface area is 107 Å². The first-order valence-corrected chi connectivity index (χ1v) is 6.24. The summed E-state index contributed by atoms with van der Waals surface area (Å²) < 4.78 is 1.14. The molecule has 2 N–H and O–H groups in total. The van der Waals surface area contributed by atoms with Gasteiger partial charge in [0.15, 0.2) is 0 Å². The molecule has 0 aliphatic rings. The fourth-order valence-corrected chi connectivity index (χ4v) is 2.67. The lowest BCUT2D eigenvalue weighted by atomic mass is 9.86. The lowest BCUT2D eigenvalue weighted by Gasteiger charge is -2.23. The molecule has 90 valence electrons. The molecule has 1 aromatic carbocycles. The Bertz CT molecular complexity index is 378. The second-order valence-electron chi connectivity index (χ2n) is 5.52. The Morgan fingerprint density at radius 3 is 2.25 bits per heavy atom. The summed E-state index contributed by atoms with van der Waals surface area (Å²) in [6.45, 7) is 7.45. The Hall–Kier alpha value is -0.540. The van der Waals surface area contributed by atoms with E-state index in [-0.39, 0.29) is 5.41 Å². The highest BCUT2D eigenvalue weighted by Gasteiger charge is 2.18. The number of nitrogens with two attached hydrogens (primary N) is 1. The van der Waals surface area contributed by atoms with Crippen LogP contribution < -0.4 is 5.73 Å². The van der Waals surface area contributed by atoms with E-state index in [4.69, 9.17) is 5.73 Å². The van der Waals surface area contributed by atoms with E-state index >= 15 is 0 Å². The van der Waals surface area contributed by atoms with E-state index in [0.29, 0.717) is 0 Å². The maximum atomic E-state index is 6.09. The third-order valence-electron chi connectivity index (χ3n) is 2.52. The molecule has 2 nitrogen and oxygen atoms in total. The summed E-state index contributed by atoms with van der Waals surface area (Å²) in [5.41, 5.74) is 9.51. The van der Waals surface area contributed by atoms with E-state index in [2.05, 4.69) is 53.7 Å². The average Bonchev–Trinajstić information content (AvgIpc) is 2.07. The molecule has 0 bridgehead atoms. The minimum Gasteiger partial charge on any atom is -0.398 e. The molecule has 0 atom stereocenters. The van der Waals surface area contributed by atoms with Crippen LogP contribution in [0.5, 0.6) is 0 Å². The van der Waals surface area contributed by atoms with E-state index in [1.807, 2.05) is 14.1 Å². The predicted molar refractivity (Wildman–Crippen MR) is 74.6 cm³/mol. The fraction of sp³-hybridized carbons (Fsp3) is 0.538. The van der Waals surface area contributed by atoms with Crippen molar-refractivity contribution in [3.63, 3.8) is 0 Å². The molecule has 0 saturated carbocycles. The summed E-state index contributed by atoms with van der Waals surface area (Å²) in [6, 6.07) is 4.22. The monoisotopic (exact) mass is 284 g/mol. The zero-order valence-electron chi connectivity index (χ0n) is 10.8. The molecule has 0 unspecified atom stereocenters. The highest BCUT2D eigenvalue weighted by atomic mass is 79.9. The van der Waals surface area contributed by atoms with Crippen molar-refractivity contribution in [2.24, 2.45) is 0 Å². The van der Waals surface area contributed by atoms with Gasteiger partial charge in [-0.05, 0) is 42.8 Å². The van der Waals surface area contributed by atoms with Crippen LogP contribution in [0.3, 0.4) is 0 Å². The first kappa shape index (κ1) is 13.5. The number of hydrogen-bond acceptors (Lipinski definition) is 2. The lowest BCUT2D eigenvalue weighted by Crippen LogP contribution is -2.16. The maximum absolute atomic E-state index is 6.09. The number of anilines is 1. The maximum Gasteiger partial charge on any atom is 0.0363 e. The predicted octanol–water partition coefficient (Wildman–Crippen LogP) is 3.39. The van der Waals surface area contributed by atoms with Crippen LogP contribution in [-0.2, 0) is 12.0 Å². The van der Waals surface area contributed by atoms with Gasteiger partial charge in [-0.1, -0.05) is 36.7 Å². The van der Waals surface area contributed by atoms with E-state index < -0.39 is 0 Å². The summed E-state index contributed by atoms with van der Waals surface area (Å²) in [7, 11) is 4.09. The molecule has 16 heavy (non-hydrogen) atoms. The number of rotatable bonds is 2. The first-order valence-electron chi connectivity index (χ1n) is 5.45.